The van der Waals surface area contributed by atoms with Gasteiger partial charge < -0.3 is 15.7 Å². The summed E-state index contributed by atoms with van der Waals surface area (Å²) in [5.41, 5.74) is 1.29. The van der Waals surface area contributed by atoms with E-state index in [1.54, 1.807) is 6.07 Å². The molecule has 3 rings (SSSR count). The number of aliphatic hydroxyl groups excluding tert-OH is 1. The number of carbonyl (C=O) groups excluding carboxylic acids is 2. The normalized spacial score (nSPS) is 15.8. The molecule has 0 radical (unpaired) electrons. The molecule has 2 aromatic rings. The van der Waals surface area contributed by atoms with Crippen molar-refractivity contribution in [3.63, 3.8) is 0 Å². The summed E-state index contributed by atoms with van der Waals surface area (Å²) >= 11 is 24.0. The second-order valence-electron chi connectivity index (χ2n) is 8.04. The SMILES string of the molecule is O=C(N[C@@H](CO)C(=O)NCC1CCN(Cc2ccc(Cl)cc2Cl)CC1)c1ccc(Cl)c(Cl)c1. The summed E-state index contributed by atoms with van der Waals surface area (Å²) in [7, 11) is 0. The Balaban J connectivity index is 1.44. The van der Waals surface area contributed by atoms with Crippen LogP contribution in [-0.2, 0) is 11.3 Å². The number of likely N-dealkylation sites (tertiary alicyclic amines) is 1. The maximum absolute atomic E-state index is 12.5. The zero-order chi connectivity index (χ0) is 24.0. The standard InChI is InChI=1S/C23H25Cl4N3O3/c24-17-3-1-16(19(26)10-17)12-30-7-5-14(6-8-30)11-28-23(33)21(13-31)29-22(32)15-2-4-18(25)20(27)9-15/h1-4,9-10,14,21,31H,5-8,11-13H2,(H,28,33)(H,29,32)/t21-/m0/s1. The first-order valence-corrected chi connectivity index (χ1v) is 12.1. The van der Waals surface area contributed by atoms with Crippen LogP contribution >= 0.6 is 46.4 Å². The fourth-order valence-electron chi connectivity index (χ4n) is 3.68. The number of nitrogens with one attached hydrogen (secondary N) is 2. The molecule has 0 aliphatic carbocycles. The number of hydrogen-bond donors (Lipinski definition) is 3. The first-order chi connectivity index (χ1) is 15.8. The highest BCUT2D eigenvalue weighted by Crippen LogP contribution is 2.25. The molecule has 10 heteroatoms. The Labute approximate surface area is 213 Å². The third-order valence-electron chi connectivity index (χ3n) is 5.67. The van der Waals surface area contributed by atoms with Gasteiger partial charge >= 0.3 is 0 Å². The molecule has 1 aliphatic heterocycles. The molecule has 1 aliphatic rings. The summed E-state index contributed by atoms with van der Waals surface area (Å²) in [6.07, 6.45) is 1.84. The van der Waals surface area contributed by atoms with Crippen molar-refractivity contribution in [2.45, 2.75) is 25.4 Å². The largest absolute Gasteiger partial charge is 0.394 e. The van der Waals surface area contributed by atoms with Gasteiger partial charge in [0.15, 0.2) is 0 Å². The van der Waals surface area contributed by atoms with Crippen LogP contribution in [-0.4, -0.2) is 54.1 Å². The number of carbonyl (C=O) groups is 2. The van der Waals surface area contributed by atoms with Crippen LogP contribution < -0.4 is 10.6 Å². The van der Waals surface area contributed by atoms with Gasteiger partial charge in [0.25, 0.3) is 5.91 Å². The summed E-state index contributed by atoms with van der Waals surface area (Å²) in [5.74, 6) is -0.630. The van der Waals surface area contributed by atoms with Gasteiger partial charge in [0.1, 0.15) is 6.04 Å². The summed E-state index contributed by atoms with van der Waals surface area (Å²) in [5, 5.41) is 16.8. The van der Waals surface area contributed by atoms with Gasteiger partial charge in [-0.15, -0.1) is 0 Å². The van der Waals surface area contributed by atoms with Gasteiger partial charge in [0.05, 0.1) is 16.7 Å². The van der Waals surface area contributed by atoms with E-state index in [9.17, 15) is 14.7 Å². The van der Waals surface area contributed by atoms with E-state index in [1.807, 2.05) is 12.1 Å². The Kier molecular flexibility index (Phi) is 9.68. The first kappa shape index (κ1) is 26.1. The Hall–Kier alpha value is -1.54. The van der Waals surface area contributed by atoms with Crippen LogP contribution in [0.2, 0.25) is 20.1 Å². The molecular weight excluding hydrogens is 508 g/mol. The summed E-state index contributed by atoms with van der Waals surface area (Å²) in [4.78, 5) is 27.2. The van der Waals surface area contributed by atoms with Crippen molar-refractivity contribution < 1.29 is 14.7 Å². The predicted octanol–water partition coefficient (Wildman–Crippen LogP) is 4.42. The monoisotopic (exact) mass is 531 g/mol. The minimum absolute atomic E-state index is 0.235. The average molecular weight is 533 g/mol. The van der Waals surface area contributed by atoms with E-state index in [0.717, 1.165) is 38.0 Å². The van der Waals surface area contributed by atoms with Gasteiger partial charge in [-0.2, -0.15) is 0 Å². The van der Waals surface area contributed by atoms with Crippen molar-refractivity contribution in [2.75, 3.05) is 26.2 Å². The number of amides is 2. The molecule has 1 fully saturated rings. The number of hydrogen-bond acceptors (Lipinski definition) is 4. The third-order valence-corrected chi connectivity index (χ3v) is 6.99. The Morgan fingerprint density at radius 1 is 1.00 bits per heavy atom. The van der Waals surface area contributed by atoms with Crippen LogP contribution in [0.3, 0.4) is 0 Å². The molecule has 2 amide bonds. The highest BCUT2D eigenvalue weighted by atomic mass is 35.5. The lowest BCUT2D eigenvalue weighted by molar-refractivity contribution is -0.124. The van der Waals surface area contributed by atoms with E-state index >= 15 is 0 Å². The van der Waals surface area contributed by atoms with Crippen molar-refractivity contribution in [1.82, 2.24) is 15.5 Å². The fourth-order valence-corrected chi connectivity index (χ4v) is 4.45. The van der Waals surface area contributed by atoms with Crippen molar-refractivity contribution in [3.8, 4) is 0 Å². The molecule has 0 aromatic heterocycles. The summed E-state index contributed by atoms with van der Waals surface area (Å²) < 4.78 is 0. The zero-order valence-electron chi connectivity index (χ0n) is 17.8. The molecule has 33 heavy (non-hydrogen) atoms. The average Bonchev–Trinajstić information content (AvgIpc) is 2.80. The van der Waals surface area contributed by atoms with Crippen LogP contribution in [0.25, 0.3) is 0 Å². The van der Waals surface area contributed by atoms with Crippen molar-refractivity contribution in [3.05, 3.63) is 67.6 Å². The lowest BCUT2D eigenvalue weighted by Crippen LogP contribution is -2.50. The van der Waals surface area contributed by atoms with Crippen molar-refractivity contribution >= 4 is 58.2 Å². The Morgan fingerprint density at radius 3 is 2.36 bits per heavy atom. The van der Waals surface area contributed by atoms with Gasteiger partial charge in [0, 0.05) is 28.7 Å². The van der Waals surface area contributed by atoms with Crippen LogP contribution in [0.5, 0.6) is 0 Å². The van der Waals surface area contributed by atoms with E-state index in [1.165, 1.54) is 18.2 Å². The zero-order valence-corrected chi connectivity index (χ0v) is 20.8. The second kappa shape index (κ2) is 12.2. The minimum atomic E-state index is -1.06. The molecular formula is C23H25Cl4N3O3. The van der Waals surface area contributed by atoms with E-state index in [-0.39, 0.29) is 10.6 Å². The number of rotatable bonds is 8. The molecule has 1 heterocycles. The maximum Gasteiger partial charge on any atom is 0.252 e. The highest BCUT2D eigenvalue weighted by Gasteiger charge is 2.24. The highest BCUT2D eigenvalue weighted by molar-refractivity contribution is 6.42. The molecule has 1 atom stereocenters. The summed E-state index contributed by atoms with van der Waals surface area (Å²) in [6.45, 7) is 2.49. The van der Waals surface area contributed by atoms with Crippen molar-refractivity contribution in [2.24, 2.45) is 5.92 Å². The predicted molar refractivity (Wildman–Crippen MR) is 132 cm³/mol. The Morgan fingerprint density at radius 2 is 1.73 bits per heavy atom. The molecule has 178 valence electrons. The van der Waals surface area contributed by atoms with Crippen LogP contribution in [0, 0.1) is 5.92 Å². The molecule has 0 saturated carbocycles. The topological polar surface area (TPSA) is 81.7 Å². The van der Waals surface area contributed by atoms with E-state index in [2.05, 4.69) is 15.5 Å². The minimum Gasteiger partial charge on any atom is -0.394 e. The molecule has 3 N–H and O–H groups in total. The molecule has 1 saturated heterocycles. The van der Waals surface area contributed by atoms with Gasteiger partial charge in [-0.05, 0) is 67.7 Å². The van der Waals surface area contributed by atoms with Gasteiger partial charge in [0.2, 0.25) is 5.91 Å². The third kappa shape index (κ3) is 7.47. The quantitative estimate of drug-likeness (QED) is 0.470. The number of aliphatic hydroxyl groups is 1. The number of halogens is 4. The molecule has 2 aromatic carbocycles. The molecule has 0 bridgehead atoms. The van der Waals surface area contributed by atoms with Crippen molar-refractivity contribution in [1.29, 1.82) is 0 Å². The molecule has 6 nitrogen and oxygen atoms in total. The maximum atomic E-state index is 12.5. The number of piperidine rings is 1. The van der Waals surface area contributed by atoms with Crippen LogP contribution in [0.15, 0.2) is 36.4 Å². The van der Waals surface area contributed by atoms with E-state index < -0.39 is 24.5 Å². The Bertz CT molecular complexity index is 997. The van der Waals surface area contributed by atoms with Gasteiger partial charge in [-0.1, -0.05) is 52.5 Å². The van der Waals surface area contributed by atoms with Gasteiger partial charge in [-0.3, -0.25) is 14.5 Å². The number of benzene rings is 2. The second-order valence-corrected chi connectivity index (χ2v) is 9.70. The molecule has 0 unspecified atom stereocenters. The first-order valence-electron chi connectivity index (χ1n) is 10.6. The lowest BCUT2D eigenvalue weighted by Gasteiger charge is -2.32. The van der Waals surface area contributed by atoms with Gasteiger partial charge in [-0.25, -0.2) is 0 Å². The number of nitrogens with zero attached hydrogens (tertiary/aromatic N) is 1. The smallest absolute Gasteiger partial charge is 0.252 e. The summed E-state index contributed by atoms with van der Waals surface area (Å²) in [6, 6.07) is 8.89. The van der Waals surface area contributed by atoms with Crippen LogP contribution in [0.4, 0.5) is 0 Å². The van der Waals surface area contributed by atoms with Crippen LogP contribution in [0.1, 0.15) is 28.8 Å². The molecule has 0 spiro atoms. The van der Waals surface area contributed by atoms with E-state index in [0.29, 0.717) is 27.5 Å². The fraction of sp³-hybridized carbons (Fsp3) is 0.391. The lowest BCUT2D eigenvalue weighted by atomic mass is 9.96. The van der Waals surface area contributed by atoms with E-state index in [4.69, 9.17) is 46.4 Å².